The van der Waals surface area contributed by atoms with Crippen LogP contribution in [0.3, 0.4) is 0 Å². The monoisotopic (exact) mass is 472 g/mol. The Kier molecular flexibility index (Phi) is 7.19. The Morgan fingerprint density at radius 2 is 1.82 bits per heavy atom. The first-order valence-electron chi connectivity index (χ1n) is 8.51. The number of benzene rings is 2. The maximum absolute atomic E-state index is 13.9. The Balaban J connectivity index is 2.23. The van der Waals surface area contributed by atoms with Crippen molar-refractivity contribution in [1.82, 2.24) is 4.72 Å². The third-order valence-electron chi connectivity index (χ3n) is 4.06. The van der Waals surface area contributed by atoms with E-state index in [0.717, 1.165) is 5.56 Å². The first-order chi connectivity index (χ1) is 13.0. The maximum Gasteiger partial charge on any atom is 0.244 e. The zero-order valence-corrected chi connectivity index (χ0v) is 18.3. The predicted octanol–water partition coefficient (Wildman–Crippen LogP) is 4.03. The van der Waals surface area contributed by atoms with Crippen LogP contribution in [-0.4, -0.2) is 27.5 Å². The summed E-state index contributed by atoms with van der Waals surface area (Å²) in [7, 11) is -2.68. The summed E-state index contributed by atoms with van der Waals surface area (Å²) in [6.45, 7) is 5.26. The molecule has 2 rings (SSSR count). The fourth-order valence-corrected chi connectivity index (χ4v) is 4.18. The minimum atomic E-state index is -4.05. The highest BCUT2D eigenvalue weighted by atomic mass is 79.9. The molecular weight excluding hydrogens is 451 g/mol. The van der Waals surface area contributed by atoms with Crippen LogP contribution in [-0.2, 0) is 14.8 Å². The molecular formula is C19H22BrFN2O4S. The summed E-state index contributed by atoms with van der Waals surface area (Å²) in [6.07, 6.45) is 0. The van der Waals surface area contributed by atoms with Crippen molar-refractivity contribution in [2.24, 2.45) is 0 Å². The van der Waals surface area contributed by atoms with Crippen molar-refractivity contribution in [3.63, 3.8) is 0 Å². The van der Waals surface area contributed by atoms with Crippen LogP contribution in [0.15, 0.2) is 45.8 Å². The van der Waals surface area contributed by atoms with E-state index in [2.05, 4.69) is 26.0 Å². The van der Waals surface area contributed by atoms with Crippen molar-refractivity contribution in [1.29, 1.82) is 0 Å². The highest BCUT2D eigenvalue weighted by Gasteiger charge is 2.26. The summed E-state index contributed by atoms with van der Waals surface area (Å²) in [5, 5.41) is 2.38. The summed E-state index contributed by atoms with van der Waals surface area (Å²) < 4.78 is 47.5. The molecule has 9 heteroatoms. The minimum absolute atomic E-state index is 0.0429. The molecule has 1 amide bonds. The molecule has 0 saturated carbocycles. The number of ether oxygens (including phenoxy) is 1. The molecule has 1 atom stereocenters. The van der Waals surface area contributed by atoms with Gasteiger partial charge in [0, 0.05) is 4.47 Å². The van der Waals surface area contributed by atoms with Crippen molar-refractivity contribution >= 4 is 37.5 Å². The topological polar surface area (TPSA) is 84.5 Å². The van der Waals surface area contributed by atoms with Gasteiger partial charge in [-0.2, -0.15) is 4.72 Å². The van der Waals surface area contributed by atoms with Crippen LogP contribution in [0.1, 0.15) is 32.3 Å². The van der Waals surface area contributed by atoms with E-state index >= 15 is 0 Å². The lowest BCUT2D eigenvalue weighted by Crippen LogP contribution is -2.41. The average molecular weight is 473 g/mol. The number of sulfonamides is 1. The Labute approximate surface area is 172 Å². The SMILES string of the molecule is COc1ccc(C(C)C)cc1S(=O)(=O)NC(C)C(=O)Nc1ccc(Br)cc1F. The Morgan fingerprint density at radius 1 is 1.14 bits per heavy atom. The fraction of sp³-hybridized carbons (Fsp3) is 0.316. The highest BCUT2D eigenvalue weighted by Crippen LogP contribution is 2.28. The van der Waals surface area contributed by atoms with Crippen LogP contribution >= 0.6 is 15.9 Å². The van der Waals surface area contributed by atoms with Gasteiger partial charge in [0.1, 0.15) is 16.5 Å². The normalized spacial score (nSPS) is 12.7. The molecule has 2 aromatic carbocycles. The molecule has 28 heavy (non-hydrogen) atoms. The number of halogens is 2. The van der Waals surface area contributed by atoms with E-state index in [-0.39, 0.29) is 22.3 Å². The smallest absolute Gasteiger partial charge is 0.244 e. The number of carbonyl (C=O) groups is 1. The fourth-order valence-electron chi connectivity index (χ4n) is 2.44. The molecule has 0 saturated heterocycles. The van der Waals surface area contributed by atoms with Gasteiger partial charge < -0.3 is 10.1 Å². The number of nitrogens with one attached hydrogen (secondary N) is 2. The van der Waals surface area contributed by atoms with E-state index in [0.29, 0.717) is 4.47 Å². The number of carbonyl (C=O) groups excluding carboxylic acids is 1. The van der Waals surface area contributed by atoms with Crippen molar-refractivity contribution < 1.29 is 22.3 Å². The molecule has 152 valence electrons. The second kappa shape index (κ2) is 9.02. The van der Waals surface area contributed by atoms with Crippen molar-refractivity contribution in [3.05, 3.63) is 52.3 Å². The second-order valence-electron chi connectivity index (χ2n) is 6.52. The Morgan fingerprint density at radius 3 is 2.39 bits per heavy atom. The summed E-state index contributed by atoms with van der Waals surface area (Å²) >= 11 is 3.13. The van der Waals surface area contributed by atoms with E-state index in [1.54, 1.807) is 18.2 Å². The van der Waals surface area contributed by atoms with Gasteiger partial charge in [-0.25, -0.2) is 12.8 Å². The van der Waals surface area contributed by atoms with Crippen LogP contribution in [0.2, 0.25) is 0 Å². The molecule has 2 N–H and O–H groups in total. The van der Waals surface area contributed by atoms with E-state index in [9.17, 15) is 17.6 Å². The summed E-state index contributed by atoms with van der Waals surface area (Å²) in [5.41, 5.74) is 0.772. The first-order valence-corrected chi connectivity index (χ1v) is 10.8. The maximum atomic E-state index is 13.9. The number of hydrogen-bond donors (Lipinski definition) is 2. The Bertz CT molecular complexity index is 980. The molecule has 0 bridgehead atoms. The van der Waals surface area contributed by atoms with Crippen molar-refractivity contribution in [2.75, 3.05) is 12.4 Å². The van der Waals surface area contributed by atoms with Gasteiger partial charge in [0.05, 0.1) is 18.8 Å². The molecule has 0 fully saturated rings. The molecule has 0 heterocycles. The largest absolute Gasteiger partial charge is 0.495 e. The van der Waals surface area contributed by atoms with Gasteiger partial charge in [-0.3, -0.25) is 4.79 Å². The molecule has 6 nitrogen and oxygen atoms in total. The van der Waals surface area contributed by atoms with Gasteiger partial charge in [-0.05, 0) is 48.7 Å². The number of rotatable bonds is 7. The highest BCUT2D eigenvalue weighted by molar-refractivity contribution is 9.10. The summed E-state index contributed by atoms with van der Waals surface area (Å²) in [4.78, 5) is 12.3. The molecule has 1 unspecified atom stereocenters. The molecule has 0 radical (unpaired) electrons. The first kappa shape index (κ1) is 22.3. The van der Waals surface area contributed by atoms with Gasteiger partial charge in [-0.1, -0.05) is 35.8 Å². The van der Waals surface area contributed by atoms with Gasteiger partial charge >= 0.3 is 0 Å². The van der Waals surface area contributed by atoms with Crippen LogP contribution in [0.25, 0.3) is 0 Å². The number of hydrogen-bond acceptors (Lipinski definition) is 4. The second-order valence-corrected chi connectivity index (χ2v) is 9.12. The van der Waals surface area contributed by atoms with E-state index in [1.165, 1.54) is 32.2 Å². The van der Waals surface area contributed by atoms with Crippen LogP contribution in [0.5, 0.6) is 5.75 Å². The third kappa shape index (κ3) is 5.30. The van der Waals surface area contributed by atoms with Crippen LogP contribution < -0.4 is 14.8 Å². The summed E-state index contributed by atoms with van der Waals surface area (Å²) in [6, 6.07) is 7.89. The lowest BCUT2D eigenvalue weighted by atomic mass is 10.0. The van der Waals surface area contributed by atoms with E-state index in [1.807, 2.05) is 13.8 Å². The minimum Gasteiger partial charge on any atom is -0.495 e. The van der Waals surface area contributed by atoms with Gasteiger partial charge in [0.25, 0.3) is 0 Å². The lowest BCUT2D eigenvalue weighted by molar-refractivity contribution is -0.117. The molecule has 0 aromatic heterocycles. The zero-order chi connectivity index (χ0) is 21.1. The molecule has 0 aliphatic heterocycles. The third-order valence-corrected chi connectivity index (χ3v) is 6.11. The molecule has 2 aromatic rings. The van der Waals surface area contributed by atoms with Gasteiger partial charge in [0.2, 0.25) is 15.9 Å². The molecule has 0 spiro atoms. The van der Waals surface area contributed by atoms with E-state index < -0.39 is 27.8 Å². The summed E-state index contributed by atoms with van der Waals surface area (Å²) in [5.74, 6) is -1.04. The quantitative estimate of drug-likeness (QED) is 0.636. The predicted molar refractivity (Wildman–Crippen MR) is 110 cm³/mol. The molecule has 0 aliphatic rings. The lowest BCUT2D eigenvalue weighted by Gasteiger charge is -2.17. The zero-order valence-electron chi connectivity index (χ0n) is 15.9. The van der Waals surface area contributed by atoms with Crippen molar-refractivity contribution in [3.8, 4) is 5.75 Å². The average Bonchev–Trinajstić information content (AvgIpc) is 2.62. The van der Waals surface area contributed by atoms with E-state index in [4.69, 9.17) is 4.74 Å². The Hall–Kier alpha value is -1.97. The van der Waals surface area contributed by atoms with Crippen molar-refractivity contribution in [2.45, 2.75) is 37.6 Å². The standard InChI is InChI=1S/C19H22BrFN2O4S/c1-11(2)13-5-8-17(27-4)18(9-13)28(25,26)23-12(3)19(24)22-16-7-6-14(20)10-15(16)21/h5-12,23H,1-4H3,(H,22,24). The molecule has 0 aliphatic carbocycles. The van der Waals surface area contributed by atoms with Gasteiger partial charge in [0.15, 0.2) is 0 Å². The van der Waals surface area contributed by atoms with Crippen LogP contribution in [0, 0.1) is 5.82 Å². The van der Waals surface area contributed by atoms with Gasteiger partial charge in [-0.15, -0.1) is 0 Å². The number of methoxy groups -OCH3 is 1. The number of amides is 1. The van der Waals surface area contributed by atoms with Crippen LogP contribution in [0.4, 0.5) is 10.1 Å². The number of anilines is 1.